The van der Waals surface area contributed by atoms with Gasteiger partial charge in [-0.25, -0.2) is 0 Å². The maximum absolute atomic E-state index is 13.1. The highest BCUT2D eigenvalue weighted by Crippen LogP contribution is 2.22. The van der Waals surface area contributed by atoms with E-state index in [1.165, 1.54) is 0 Å². The molecule has 0 fully saturated rings. The quantitative estimate of drug-likeness (QED) is 0.620. The van der Waals surface area contributed by atoms with Gasteiger partial charge in [0.25, 0.3) is 11.8 Å². The van der Waals surface area contributed by atoms with Crippen LogP contribution in [0.1, 0.15) is 35.5 Å². The Morgan fingerprint density at radius 1 is 0.929 bits per heavy atom. The van der Waals surface area contributed by atoms with Crippen molar-refractivity contribution in [2.45, 2.75) is 19.9 Å². The molecule has 5 nitrogen and oxygen atoms in total. The number of hydrogen-bond acceptors (Lipinski definition) is 3. The van der Waals surface area contributed by atoms with Crippen molar-refractivity contribution in [1.82, 2.24) is 5.32 Å². The number of benzene rings is 2. The lowest BCUT2D eigenvalue weighted by atomic mass is 10.0. The number of furan rings is 1. The fourth-order valence-electron chi connectivity index (χ4n) is 2.73. The van der Waals surface area contributed by atoms with Crippen LogP contribution in [0.4, 0.5) is 5.69 Å². The van der Waals surface area contributed by atoms with Crippen molar-refractivity contribution in [3.8, 4) is 0 Å². The van der Waals surface area contributed by atoms with E-state index >= 15 is 0 Å². The molecule has 2 amide bonds. The molecule has 0 aliphatic carbocycles. The first kappa shape index (κ1) is 19.2. The van der Waals surface area contributed by atoms with Crippen LogP contribution in [0.25, 0.3) is 11.6 Å². The number of anilines is 1. The smallest absolute Gasteiger partial charge is 0.256 e. The van der Waals surface area contributed by atoms with Gasteiger partial charge < -0.3 is 15.1 Å². The van der Waals surface area contributed by atoms with Crippen LogP contribution in [0.2, 0.25) is 0 Å². The number of nitrogens with one attached hydrogen (secondary N) is 2. The molecule has 1 heterocycles. The van der Waals surface area contributed by atoms with E-state index in [0.717, 1.165) is 5.56 Å². The summed E-state index contributed by atoms with van der Waals surface area (Å²) in [7, 11) is 0. The van der Waals surface area contributed by atoms with E-state index in [-0.39, 0.29) is 17.9 Å². The largest absolute Gasteiger partial charge is 0.465 e. The lowest BCUT2D eigenvalue weighted by Crippen LogP contribution is -2.31. The van der Waals surface area contributed by atoms with Gasteiger partial charge in [0.15, 0.2) is 0 Å². The zero-order valence-corrected chi connectivity index (χ0v) is 15.8. The average Bonchev–Trinajstić information content (AvgIpc) is 3.20. The average molecular weight is 374 g/mol. The van der Waals surface area contributed by atoms with Gasteiger partial charge in [-0.2, -0.15) is 0 Å². The minimum absolute atomic E-state index is 0.00464. The number of carbonyl (C=O) groups excluding carboxylic acids is 2. The summed E-state index contributed by atoms with van der Waals surface area (Å²) >= 11 is 0. The molecule has 0 atom stereocenters. The van der Waals surface area contributed by atoms with Crippen LogP contribution in [-0.2, 0) is 4.79 Å². The lowest BCUT2D eigenvalue weighted by Gasteiger charge is -2.14. The molecule has 1 aromatic heterocycles. The first-order chi connectivity index (χ1) is 13.5. The second-order valence-corrected chi connectivity index (χ2v) is 6.57. The summed E-state index contributed by atoms with van der Waals surface area (Å²) in [5, 5.41) is 5.72. The maximum Gasteiger partial charge on any atom is 0.256 e. The van der Waals surface area contributed by atoms with Crippen LogP contribution >= 0.6 is 0 Å². The van der Waals surface area contributed by atoms with Crippen LogP contribution in [-0.4, -0.2) is 17.9 Å². The van der Waals surface area contributed by atoms with Crippen LogP contribution in [0.15, 0.2) is 77.4 Å². The summed E-state index contributed by atoms with van der Waals surface area (Å²) < 4.78 is 5.37. The molecular formula is C23H22N2O3. The highest BCUT2D eigenvalue weighted by molar-refractivity contribution is 6.29. The normalized spacial score (nSPS) is 11.3. The number of rotatable bonds is 6. The van der Waals surface area contributed by atoms with Gasteiger partial charge in [-0.15, -0.1) is 0 Å². The molecule has 0 aliphatic heterocycles. The van der Waals surface area contributed by atoms with E-state index in [2.05, 4.69) is 10.6 Å². The van der Waals surface area contributed by atoms with E-state index in [4.69, 9.17) is 4.42 Å². The first-order valence-corrected chi connectivity index (χ1v) is 9.06. The summed E-state index contributed by atoms with van der Waals surface area (Å²) in [6.07, 6.45) is 3.24. The topological polar surface area (TPSA) is 71.3 Å². The molecule has 3 aromatic rings. The van der Waals surface area contributed by atoms with E-state index in [9.17, 15) is 9.59 Å². The zero-order chi connectivity index (χ0) is 19.9. The summed E-state index contributed by atoms with van der Waals surface area (Å²) in [5.41, 5.74) is 2.05. The van der Waals surface area contributed by atoms with Crippen LogP contribution in [0.3, 0.4) is 0 Å². The van der Waals surface area contributed by atoms with Crippen molar-refractivity contribution >= 4 is 29.2 Å². The molecule has 0 aliphatic rings. The van der Waals surface area contributed by atoms with Crippen LogP contribution in [0.5, 0.6) is 0 Å². The Kier molecular flexibility index (Phi) is 6.07. The molecular weight excluding hydrogens is 352 g/mol. The summed E-state index contributed by atoms with van der Waals surface area (Å²) in [4.78, 5) is 25.5. The van der Waals surface area contributed by atoms with E-state index in [1.54, 1.807) is 48.7 Å². The number of hydrogen-bond donors (Lipinski definition) is 2. The van der Waals surface area contributed by atoms with Crippen molar-refractivity contribution in [2.75, 3.05) is 5.32 Å². The molecule has 0 saturated carbocycles. The second kappa shape index (κ2) is 8.86. The molecule has 5 heteroatoms. The second-order valence-electron chi connectivity index (χ2n) is 6.57. The molecule has 2 N–H and O–H groups in total. The molecule has 2 aromatic carbocycles. The van der Waals surface area contributed by atoms with Gasteiger partial charge >= 0.3 is 0 Å². The molecule has 142 valence electrons. The van der Waals surface area contributed by atoms with Gasteiger partial charge in [0.05, 0.1) is 23.1 Å². The summed E-state index contributed by atoms with van der Waals surface area (Å²) in [6, 6.07) is 19.8. The fraction of sp³-hybridized carbons (Fsp3) is 0.130. The molecule has 0 spiro atoms. The highest BCUT2D eigenvalue weighted by Gasteiger charge is 2.17. The Bertz CT molecular complexity index is 974. The van der Waals surface area contributed by atoms with Crippen molar-refractivity contribution in [2.24, 2.45) is 0 Å². The summed E-state index contributed by atoms with van der Waals surface area (Å²) in [6.45, 7) is 3.78. The Balaban J connectivity index is 1.93. The fourth-order valence-corrected chi connectivity index (χ4v) is 2.73. The predicted molar refractivity (Wildman–Crippen MR) is 111 cm³/mol. The zero-order valence-electron chi connectivity index (χ0n) is 15.8. The van der Waals surface area contributed by atoms with E-state index < -0.39 is 0 Å². The number of amides is 2. The van der Waals surface area contributed by atoms with Crippen molar-refractivity contribution in [3.05, 3.63) is 89.9 Å². The van der Waals surface area contributed by atoms with Gasteiger partial charge in [0, 0.05) is 6.04 Å². The van der Waals surface area contributed by atoms with Crippen molar-refractivity contribution < 1.29 is 14.0 Å². The van der Waals surface area contributed by atoms with Crippen LogP contribution < -0.4 is 10.6 Å². The summed E-state index contributed by atoms with van der Waals surface area (Å²) in [5.74, 6) is 0.00871. The SMILES string of the molecule is CC(C)NC(=O)c1ccccc1NC(=O)/C(=C/c1ccco1)c1ccccc1. The Hall–Kier alpha value is -3.60. The lowest BCUT2D eigenvalue weighted by molar-refractivity contribution is -0.111. The molecule has 0 bridgehead atoms. The Labute approximate surface area is 164 Å². The number of para-hydroxylation sites is 1. The minimum Gasteiger partial charge on any atom is -0.465 e. The van der Waals surface area contributed by atoms with Crippen molar-refractivity contribution in [3.63, 3.8) is 0 Å². The monoisotopic (exact) mass is 374 g/mol. The van der Waals surface area contributed by atoms with Gasteiger partial charge in [-0.05, 0) is 49.8 Å². The first-order valence-electron chi connectivity index (χ1n) is 9.06. The van der Waals surface area contributed by atoms with Gasteiger partial charge in [-0.3, -0.25) is 9.59 Å². The molecule has 3 rings (SSSR count). The molecule has 28 heavy (non-hydrogen) atoms. The number of carbonyl (C=O) groups is 2. The van der Waals surface area contributed by atoms with Gasteiger partial charge in [0.1, 0.15) is 5.76 Å². The van der Waals surface area contributed by atoms with E-state index in [1.807, 2.05) is 44.2 Å². The van der Waals surface area contributed by atoms with Gasteiger partial charge in [0.2, 0.25) is 0 Å². The third-order valence-corrected chi connectivity index (χ3v) is 4.00. The predicted octanol–water partition coefficient (Wildman–Crippen LogP) is 4.60. The molecule has 0 saturated heterocycles. The van der Waals surface area contributed by atoms with Gasteiger partial charge in [-0.1, -0.05) is 42.5 Å². The maximum atomic E-state index is 13.1. The highest BCUT2D eigenvalue weighted by atomic mass is 16.3. The third kappa shape index (κ3) is 4.76. The molecule has 0 radical (unpaired) electrons. The Morgan fingerprint density at radius 2 is 1.64 bits per heavy atom. The minimum atomic E-state index is -0.326. The standard InChI is InChI=1S/C23H22N2O3/c1-16(2)24-22(26)19-12-6-7-13-21(19)25-23(27)20(15-18-11-8-14-28-18)17-9-4-3-5-10-17/h3-16H,1-2H3,(H,24,26)(H,25,27)/b20-15+. The third-order valence-electron chi connectivity index (χ3n) is 4.00. The van der Waals surface area contributed by atoms with E-state index in [0.29, 0.717) is 22.6 Å². The molecule has 0 unspecified atom stereocenters. The van der Waals surface area contributed by atoms with Crippen molar-refractivity contribution in [1.29, 1.82) is 0 Å². The Morgan fingerprint density at radius 3 is 2.32 bits per heavy atom. The van der Waals surface area contributed by atoms with Crippen LogP contribution in [0, 0.1) is 0 Å².